The Morgan fingerprint density at radius 2 is 2.07 bits per heavy atom. The van der Waals surface area contributed by atoms with Gasteiger partial charge in [-0.3, -0.25) is 0 Å². The first-order valence-corrected chi connectivity index (χ1v) is 4.42. The summed E-state index contributed by atoms with van der Waals surface area (Å²) in [6.07, 6.45) is 0. The number of methoxy groups -OCH3 is 2. The number of hydrogen-bond donors (Lipinski definition) is 0. The van der Waals surface area contributed by atoms with Crippen molar-refractivity contribution in [2.24, 2.45) is 0 Å². The molecule has 0 aromatic heterocycles. The maximum atomic E-state index is 8.69. The molecule has 1 atom stereocenters. The fourth-order valence-electron chi connectivity index (χ4n) is 1.18. The highest BCUT2D eigenvalue weighted by atomic mass is 35.5. The fourth-order valence-corrected chi connectivity index (χ4v) is 1.35. The Labute approximate surface area is 87.8 Å². The SMILES string of the molecule is COc1cccc(C(Cl)C#N)c1OC. The Hall–Kier alpha value is -1.40. The topological polar surface area (TPSA) is 42.2 Å². The van der Waals surface area contributed by atoms with Crippen molar-refractivity contribution >= 4 is 11.6 Å². The molecule has 0 spiro atoms. The highest BCUT2D eigenvalue weighted by Gasteiger charge is 2.15. The van der Waals surface area contributed by atoms with Crippen molar-refractivity contribution in [1.29, 1.82) is 5.26 Å². The first kappa shape index (κ1) is 10.7. The molecule has 0 radical (unpaired) electrons. The second-order valence-electron chi connectivity index (χ2n) is 2.57. The van der Waals surface area contributed by atoms with Crippen LogP contribution in [-0.4, -0.2) is 14.2 Å². The van der Waals surface area contributed by atoms with Gasteiger partial charge in [0, 0.05) is 5.56 Å². The summed E-state index contributed by atoms with van der Waals surface area (Å²) in [4.78, 5) is 0. The van der Waals surface area contributed by atoms with Crippen molar-refractivity contribution in [1.82, 2.24) is 0 Å². The van der Waals surface area contributed by atoms with Crippen LogP contribution in [0.5, 0.6) is 11.5 Å². The summed E-state index contributed by atoms with van der Waals surface area (Å²) >= 11 is 5.81. The van der Waals surface area contributed by atoms with Crippen LogP contribution in [0.15, 0.2) is 18.2 Å². The molecule has 0 aliphatic rings. The second-order valence-corrected chi connectivity index (χ2v) is 3.01. The number of alkyl halides is 1. The zero-order chi connectivity index (χ0) is 10.6. The maximum Gasteiger partial charge on any atom is 0.166 e. The minimum atomic E-state index is -0.722. The molecule has 0 amide bonds. The Morgan fingerprint density at radius 1 is 1.36 bits per heavy atom. The molecule has 1 aromatic carbocycles. The normalized spacial score (nSPS) is 11.6. The molecule has 0 bridgehead atoms. The van der Waals surface area contributed by atoms with Crippen molar-refractivity contribution < 1.29 is 9.47 Å². The third-order valence-electron chi connectivity index (χ3n) is 1.82. The Balaban J connectivity index is 3.23. The Kier molecular flexibility index (Phi) is 3.61. The molecule has 3 nitrogen and oxygen atoms in total. The van der Waals surface area contributed by atoms with Gasteiger partial charge in [0.1, 0.15) is 5.38 Å². The predicted molar refractivity (Wildman–Crippen MR) is 53.8 cm³/mol. The van der Waals surface area contributed by atoms with Gasteiger partial charge in [-0.05, 0) is 6.07 Å². The molecule has 0 heterocycles. The van der Waals surface area contributed by atoms with Gasteiger partial charge in [-0.25, -0.2) is 0 Å². The zero-order valence-electron chi connectivity index (χ0n) is 7.95. The van der Waals surface area contributed by atoms with E-state index in [1.165, 1.54) is 14.2 Å². The van der Waals surface area contributed by atoms with E-state index in [2.05, 4.69) is 0 Å². The Bertz CT molecular complexity index is 360. The monoisotopic (exact) mass is 211 g/mol. The number of halogens is 1. The highest BCUT2D eigenvalue weighted by molar-refractivity contribution is 6.22. The number of nitrogens with zero attached hydrogens (tertiary/aromatic N) is 1. The molecular formula is C10H10ClNO2. The Morgan fingerprint density at radius 3 is 2.57 bits per heavy atom. The molecule has 1 unspecified atom stereocenters. The minimum Gasteiger partial charge on any atom is -0.493 e. The molecule has 1 aromatic rings. The molecule has 1 rings (SSSR count). The second kappa shape index (κ2) is 4.73. The van der Waals surface area contributed by atoms with Crippen LogP contribution in [0.2, 0.25) is 0 Å². The maximum absolute atomic E-state index is 8.69. The van der Waals surface area contributed by atoms with Crippen LogP contribution in [-0.2, 0) is 0 Å². The van der Waals surface area contributed by atoms with Crippen LogP contribution < -0.4 is 9.47 Å². The van der Waals surface area contributed by atoms with E-state index in [0.29, 0.717) is 17.1 Å². The number of para-hydroxylation sites is 1. The molecule has 0 aliphatic carbocycles. The van der Waals surface area contributed by atoms with Crippen molar-refractivity contribution in [3.8, 4) is 17.6 Å². The number of benzene rings is 1. The van der Waals surface area contributed by atoms with Gasteiger partial charge < -0.3 is 9.47 Å². The van der Waals surface area contributed by atoms with Crippen molar-refractivity contribution in [2.75, 3.05) is 14.2 Å². The van der Waals surface area contributed by atoms with Gasteiger partial charge in [0.15, 0.2) is 11.5 Å². The van der Waals surface area contributed by atoms with Gasteiger partial charge in [0.05, 0.1) is 20.3 Å². The number of nitriles is 1. The van der Waals surface area contributed by atoms with E-state index in [1.807, 2.05) is 6.07 Å². The van der Waals surface area contributed by atoms with Gasteiger partial charge in [-0.2, -0.15) is 5.26 Å². The van der Waals surface area contributed by atoms with Crippen LogP contribution in [0.3, 0.4) is 0 Å². The molecule has 0 saturated heterocycles. The summed E-state index contributed by atoms with van der Waals surface area (Å²) in [7, 11) is 3.06. The average molecular weight is 212 g/mol. The lowest BCUT2D eigenvalue weighted by Crippen LogP contribution is -1.96. The van der Waals surface area contributed by atoms with Crippen molar-refractivity contribution in [3.05, 3.63) is 23.8 Å². The van der Waals surface area contributed by atoms with E-state index >= 15 is 0 Å². The van der Waals surface area contributed by atoms with E-state index in [-0.39, 0.29) is 0 Å². The van der Waals surface area contributed by atoms with E-state index in [9.17, 15) is 0 Å². The van der Waals surface area contributed by atoms with Crippen LogP contribution in [0, 0.1) is 11.3 Å². The van der Waals surface area contributed by atoms with Crippen LogP contribution in [0.25, 0.3) is 0 Å². The lowest BCUT2D eigenvalue weighted by molar-refractivity contribution is 0.352. The summed E-state index contributed by atoms with van der Waals surface area (Å²) in [6.45, 7) is 0. The third kappa shape index (κ3) is 1.91. The van der Waals surface area contributed by atoms with E-state index in [1.54, 1.807) is 18.2 Å². The van der Waals surface area contributed by atoms with Gasteiger partial charge in [0.25, 0.3) is 0 Å². The van der Waals surface area contributed by atoms with Crippen molar-refractivity contribution in [3.63, 3.8) is 0 Å². The molecule has 0 fully saturated rings. The minimum absolute atomic E-state index is 0.511. The lowest BCUT2D eigenvalue weighted by Gasteiger charge is -2.12. The van der Waals surface area contributed by atoms with Gasteiger partial charge in [-0.15, -0.1) is 11.6 Å². The smallest absolute Gasteiger partial charge is 0.166 e. The summed E-state index contributed by atoms with van der Waals surface area (Å²) in [5.74, 6) is 1.09. The lowest BCUT2D eigenvalue weighted by atomic mass is 10.1. The summed E-state index contributed by atoms with van der Waals surface area (Å²) < 4.78 is 10.2. The van der Waals surface area contributed by atoms with Crippen molar-refractivity contribution in [2.45, 2.75) is 5.38 Å². The van der Waals surface area contributed by atoms with E-state index < -0.39 is 5.38 Å². The molecule has 74 valence electrons. The standard InChI is InChI=1S/C10H10ClNO2/c1-13-9-5-3-4-7(8(11)6-12)10(9)14-2/h3-5,8H,1-2H3. The quantitative estimate of drug-likeness (QED) is 0.722. The van der Waals surface area contributed by atoms with Crippen LogP contribution in [0.4, 0.5) is 0 Å². The van der Waals surface area contributed by atoms with Crippen LogP contribution >= 0.6 is 11.6 Å². The van der Waals surface area contributed by atoms with Gasteiger partial charge in [0.2, 0.25) is 0 Å². The van der Waals surface area contributed by atoms with Gasteiger partial charge >= 0.3 is 0 Å². The molecular weight excluding hydrogens is 202 g/mol. The first-order valence-electron chi connectivity index (χ1n) is 3.99. The summed E-state index contributed by atoms with van der Waals surface area (Å²) in [5, 5.41) is 7.97. The largest absolute Gasteiger partial charge is 0.493 e. The summed E-state index contributed by atoms with van der Waals surface area (Å²) in [6, 6.07) is 7.20. The molecule has 4 heteroatoms. The zero-order valence-corrected chi connectivity index (χ0v) is 8.71. The number of hydrogen-bond acceptors (Lipinski definition) is 3. The van der Waals surface area contributed by atoms with E-state index in [0.717, 1.165) is 0 Å². The third-order valence-corrected chi connectivity index (χ3v) is 2.15. The molecule has 0 saturated carbocycles. The molecule has 0 N–H and O–H groups in total. The molecule has 14 heavy (non-hydrogen) atoms. The molecule has 0 aliphatic heterocycles. The average Bonchev–Trinajstić information content (AvgIpc) is 2.26. The van der Waals surface area contributed by atoms with Gasteiger partial charge in [-0.1, -0.05) is 12.1 Å². The predicted octanol–water partition coefficient (Wildman–Crippen LogP) is 2.51. The number of rotatable bonds is 3. The highest BCUT2D eigenvalue weighted by Crippen LogP contribution is 2.36. The van der Waals surface area contributed by atoms with E-state index in [4.69, 9.17) is 26.3 Å². The first-order chi connectivity index (χ1) is 6.74. The summed E-state index contributed by atoms with van der Waals surface area (Å²) in [5.41, 5.74) is 0.621. The fraction of sp³-hybridized carbons (Fsp3) is 0.300. The van der Waals surface area contributed by atoms with Crippen LogP contribution in [0.1, 0.15) is 10.9 Å². The number of ether oxygens (including phenoxy) is 2.